The molecule has 2 aliphatic carbocycles. The Balaban J connectivity index is -0.000000211. The first-order valence-electron chi connectivity index (χ1n) is 26.0. The molecule has 0 heterocycles. The summed E-state index contributed by atoms with van der Waals surface area (Å²) in [6.07, 6.45) is 3.46. The maximum atomic E-state index is 3.11. The Hall–Kier alpha value is -3.28. The lowest BCUT2D eigenvalue weighted by molar-refractivity contribution is 0.321. The van der Waals surface area contributed by atoms with E-state index >= 15 is 0 Å². The van der Waals surface area contributed by atoms with Crippen molar-refractivity contribution in [1.29, 1.82) is 0 Å². The van der Waals surface area contributed by atoms with Gasteiger partial charge in [-0.1, -0.05) is 249 Å². The van der Waals surface area contributed by atoms with Gasteiger partial charge in [0, 0.05) is 0 Å². The Morgan fingerprint density at radius 2 is 0.460 bits per heavy atom. The van der Waals surface area contributed by atoms with E-state index < -0.39 is 0 Å². The summed E-state index contributed by atoms with van der Waals surface area (Å²) in [7, 11) is 0. The average molecular weight is 874 g/mol. The monoisotopic (exact) mass is 873 g/mol. The van der Waals surface area contributed by atoms with Crippen LogP contribution in [0.3, 0.4) is 0 Å². The highest BCUT2D eigenvalue weighted by Gasteiger charge is 2.16. The van der Waals surface area contributed by atoms with E-state index in [1.165, 1.54) is 110 Å². The van der Waals surface area contributed by atoms with Crippen LogP contribution in [0, 0.1) is 0 Å². The third-order valence-corrected chi connectivity index (χ3v) is 9.94. The van der Waals surface area contributed by atoms with Gasteiger partial charge < -0.3 is 20.0 Å². The van der Waals surface area contributed by atoms with Crippen LogP contribution in [0.25, 0.3) is 22.3 Å². The van der Waals surface area contributed by atoms with Crippen molar-refractivity contribution in [3.63, 3.8) is 0 Å². The maximum absolute atomic E-state index is 3.11. The molecule has 0 bridgehead atoms. The second-order valence-electron chi connectivity index (χ2n) is 13.5. The number of rotatable bonds is 11. The predicted octanol–water partition coefficient (Wildman–Crippen LogP) is 16.7. The topological polar surface area (TPSA) is 21.8 Å². The minimum Gasteiger partial charge on any atom is -0.317 e. The van der Waals surface area contributed by atoms with Crippen LogP contribution < -0.4 is 5.32 Å². The van der Waals surface area contributed by atoms with Crippen molar-refractivity contribution in [2.24, 2.45) is 0 Å². The van der Waals surface area contributed by atoms with E-state index in [2.05, 4.69) is 207 Å². The van der Waals surface area contributed by atoms with E-state index in [-0.39, 0.29) is 0 Å². The lowest BCUT2D eigenvalue weighted by Crippen LogP contribution is -2.21. The SMILES string of the molecule is CC.CC.CC.CC.CCC.CCN(CC)CC.CCN(CC)CC.CCN(CC)CC.CCNCC.c1ccc2c(c1)Cc1ccccc1-2.c1ccc2c(c1)Cc1ccccc1-2. The molecule has 6 rings (SSSR count). The van der Waals surface area contributed by atoms with Crippen LogP contribution >= 0.6 is 0 Å². The zero-order chi connectivity index (χ0) is 49.3. The highest BCUT2D eigenvalue weighted by Crippen LogP contribution is 2.36. The number of hydrogen-bond donors (Lipinski definition) is 1. The van der Waals surface area contributed by atoms with Gasteiger partial charge in [-0.05, 0) is 129 Å². The van der Waals surface area contributed by atoms with E-state index in [0.29, 0.717) is 0 Å². The fourth-order valence-electron chi connectivity index (χ4n) is 6.42. The van der Waals surface area contributed by atoms with Crippen LogP contribution in [0.1, 0.15) is 174 Å². The molecule has 1 N–H and O–H groups in total. The Kier molecular flexibility index (Phi) is 57.9. The molecule has 0 radical (unpaired) electrons. The summed E-state index contributed by atoms with van der Waals surface area (Å²) in [5.41, 5.74) is 11.5. The van der Waals surface area contributed by atoms with E-state index in [1.54, 1.807) is 0 Å². The minimum atomic E-state index is 1.09. The highest BCUT2D eigenvalue weighted by molar-refractivity contribution is 5.77. The van der Waals surface area contributed by atoms with Gasteiger partial charge in [-0.15, -0.1) is 0 Å². The third-order valence-electron chi connectivity index (χ3n) is 9.94. The molecule has 0 aromatic heterocycles. The Labute approximate surface area is 396 Å². The summed E-state index contributed by atoms with van der Waals surface area (Å²) in [6, 6.07) is 34.6. The van der Waals surface area contributed by atoms with Crippen molar-refractivity contribution < 1.29 is 0 Å². The number of nitrogens with zero attached hydrogens (tertiary/aromatic N) is 3. The molecule has 0 amide bonds. The van der Waals surface area contributed by atoms with E-state index in [9.17, 15) is 0 Å². The van der Waals surface area contributed by atoms with Gasteiger partial charge in [-0.3, -0.25) is 0 Å². The Morgan fingerprint density at radius 3 is 0.571 bits per heavy atom. The molecular formula is C59H108N4. The van der Waals surface area contributed by atoms with Gasteiger partial charge in [-0.2, -0.15) is 0 Å². The first-order valence-corrected chi connectivity index (χ1v) is 26.0. The molecule has 0 aliphatic heterocycles. The summed E-state index contributed by atoms with van der Waals surface area (Å²) in [4.78, 5) is 7.12. The van der Waals surface area contributed by atoms with Crippen LogP contribution in [-0.4, -0.2) is 86.7 Å². The average Bonchev–Trinajstić information content (AvgIpc) is 3.94. The molecule has 0 fully saturated rings. The molecule has 4 aromatic rings. The Morgan fingerprint density at radius 1 is 0.302 bits per heavy atom. The van der Waals surface area contributed by atoms with Crippen molar-refractivity contribution in [3.8, 4) is 22.3 Å². The minimum absolute atomic E-state index is 1.09. The molecular weight excluding hydrogens is 765 g/mol. The lowest BCUT2D eigenvalue weighted by atomic mass is 10.1. The molecule has 4 heteroatoms. The van der Waals surface area contributed by atoms with Crippen molar-refractivity contribution in [1.82, 2.24) is 20.0 Å². The summed E-state index contributed by atoms with van der Waals surface area (Å²) in [6.45, 7) is 57.0. The largest absolute Gasteiger partial charge is 0.317 e. The molecule has 0 atom stereocenters. The molecule has 0 spiro atoms. The molecule has 0 saturated heterocycles. The van der Waals surface area contributed by atoms with Crippen LogP contribution in [0.15, 0.2) is 97.1 Å². The van der Waals surface area contributed by atoms with Crippen LogP contribution in [-0.2, 0) is 12.8 Å². The smallest absolute Gasteiger partial charge is 0.00135 e. The predicted molar refractivity (Wildman–Crippen MR) is 295 cm³/mol. The first kappa shape index (κ1) is 68.8. The molecule has 4 nitrogen and oxygen atoms in total. The molecule has 0 saturated carbocycles. The first-order chi connectivity index (χ1) is 30.8. The number of fused-ring (bicyclic) bond motifs is 6. The standard InChI is InChI=1S/2C13H10.3C6H15N.C4H11N.C3H8.4C2H6/c2*1-3-7-12-10(5-1)9-11-6-2-4-8-13(11)12;3*1-4-7(5-2)6-3;1-3-5-4-2;1-3-2;4*1-2/h2*1-8H,9H2;3*4-6H2,1-3H3;5H,3-4H2,1-2H3;3H2,1-2H3;4*1-2H3. The zero-order valence-electron chi connectivity index (χ0n) is 46.0. The molecule has 63 heavy (non-hydrogen) atoms. The number of hydrogen-bond acceptors (Lipinski definition) is 4. The van der Waals surface area contributed by atoms with Gasteiger partial charge in [0.05, 0.1) is 0 Å². The molecule has 364 valence electrons. The van der Waals surface area contributed by atoms with E-state index in [4.69, 9.17) is 0 Å². The van der Waals surface area contributed by atoms with Crippen molar-refractivity contribution in [3.05, 3.63) is 119 Å². The summed E-state index contributed by atoms with van der Waals surface area (Å²) >= 11 is 0. The molecule has 4 aromatic carbocycles. The third kappa shape index (κ3) is 32.1. The van der Waals surface area contributed by atoms with Gasteiger partial charge in [0.15, 0.2) is 0 Å². The van der Waals surface area contributed by atoms with Gasteiger partial charge in [-0.25, -0.2) is 0 Å². The fraction of sp³-hybridized carbons (Fsp3) is 0.593. The zero-order valence-corrected chi connectivity index (χ0v) is 46.0. The van der Waals surface area contributed by atoms with Gasteiger partial charge >= 0.3 is 0 Å². The van der Waals surface area contributed by atoms with Gasteiger partial charge in [0.1, 0.15) is 0 Å². The summed E-state index contributed by atoms with van der Waals surface area (Å²) < 4.78 is 0. The van der Waals surface area contributed by atoms with E-state index in [0.717, 1.165) is 25.9 Å². The fourth-order valence-corrected chi connectivity index (χ4v) is 6.42. The summed E-state index contributed by atoms with van der Waals surface area (Å²) in [5, 5.41) is 3.11. The lowest BCUT2D eigenvalue weighted by Gasteiger charge is -2.13. The quantitative estimate of drug-likeness (QED) is 0.140. The van der Waals surface area contributed by atoms with Crippen molar-refractivity contribution >= 4 is 0 Å². The maximum Gasteiger partial charge on any atom is -0.00135 e. The summed E-state index contributed by atoms with van der Waals surface area (Å²) in [5.74, 6) is 0. The normalized spacial score (nSPS) is 9.84. The number of nitrogens with one attached hydrogen (secondary N) is 1. The molecule has 2 aliphatic rings. The van der Waals surface area contributed by atoms with E-state index in [1.807, 2.05) is 55.4 Å². The van der Waals surface area contributed by atoms with Crippen LogP contribution in [0.4, 0.5) is 0 Å². The second kappa shape index (κ2) is 53.1. The van der Waals surface area contributed by atoms with Gasteiger partial charge in [0.25, 0.3) is 0 Å². The highest BCUT2D eigenvalue weighted by atomic mass is 15.1. The number of benzene rings is 4. The van der Waals surface area contributed by atoms with Crippen molar-refractivity contribution in [2.45, 2.75) is 165 Å². The second-order valence-corrected chi connectivity index (χ2v) is 13.5. The van der Waals surface area contributed by atoms with Crippen LogP contribution in [0.2, 0.25) is 0 Å². The van der Waals surface area contributed by atoms with Crippen molar-refractivity contribution in [2.75, 3.05) is 72.0 Å². The molecule has 0 unspecified atom stereocenters. The Bertz CT molecular complexity index is 1230. The van der Waals surface area contributed by atoms with Crippen LogP contribution in [0.5, 0.6) is 0 Å². The van der Waals surface area contributed by atoms with Gasteiger partial charge in [0.2, 0.25) is 0 Å².